The molecule has 2 aliphatic rings. The number of guanidine groups is 1. The second-order valence-electron chi connectivity index (χ2n) is 8.01. The van der Waals surface area contributed by atoms with E-state index in [0.717, 1.165) is 61.6 Å². The standard InChI is InChI=1S/C22H36ClN5O.HI/c1-4-24-22(25-14-17-7-6-11-27(5-2)15-17)26-19-10-12-28(16-19)20-13-18(23)8-9-21(20)29-3;/h8-9,13,17,19H,4-7,10-12,14-16H2,1-3H3,(H2,24,25,26);1H. The molecule has 3 rings (SSSR count). The van der Waals surface area contributed by atoms with Gasteiger partial charge in [0.15, 0.2) is 5.96 Å². The molecule has 2 fully saturated rings. The van der Waals surface area contributed by atoms with Crippen LogP contribution in [-0.4, -0.2) is 69.8 Å². The molecule has 2 aliphatic heterocycles. The number of ether oxygens (including phenoxy) is 1. The molecule has 8 heteroatoms. The van der Waals surface area contributed by atoms with Crippen LogP contribution < -0.4 is 20.3 Å². The van der Waals surface area contributed by atoms with Gasteiger partial charge in [0.05, 0.1) is 12.8 Å². The monoisotopic (exact) mass is 549 g/mol. The number of methoxy groups -OCH3 is 1. The highest BCUT2D eigenvalue weighted by Crippen LogP contribution is 2.33. The minimum Gasteiger partial charge on any atom is -0.495 e. The van der Waals surface area contributed by atoms with Crippen molar-refractivity contribution in [3.63, 3.8) is 0 Å². The third-order valence-corrected chi connectivity index (χ3v) is 6.15. The number of nitrogens with zero attached hydrogens (tertiary/aromatic N) is 3. The van der Waals surface area contributed by atoms with Gasteiger partial charge in [-0.2, -0.15) is 0 Å². The smallest absolute Gasteiger partial charge is 0.191 e. The number of benzene rings is 1. The Bertz CT molecular complexity index is 689. The van der Waals surface area contributed by atoms with E-state index in [1.165, 1.54) is 25.9 Å². The normalized spacial score (nSPS) is 22.5. The van der Waals surface area contributed by atoms with Crippen LogP contribution in [0.15, 0.2) is 23.2 Å². The second kappa shape index (κ2) is 12.8. The van der Waals surface area contributed by atoms with Gasteiger partial charge in [0.1, 0.15) is 5.75 Å². The molecule has 0 radical (unpaired) electrons. The van der Waals surface area contributed by atoms with Gasteiger partial charge in [-0.05, 0) is 63.4 Å². The first kappa shape index (κ1) is 25.3. The predicted octanol–water partition coefficient (Wildman–Crippen LogP) is 3.83. The van der Waals surface area contributed by atoms with Gasteiger partial charge in [0.25, 0.3) is 0 Å². The number of aliphatic imine (C=N–C) groups is 1. The van der Waals surface area contributed by atoms with Crippen molar-refractivity contribution >= 4 is 47.2 Å². The lowest BCUT2D eigenvalue weighted by Gasteiger charge is -2.31. The zero-order valence-electron chi connectivity index (χ0n) is 18.5. The number of anilines is 1. The van der Waals surface area contributed by atoms with Crippen molar-refractivity contribution in [2.75, 3.05) is 57.8 Å². The fraction of sp³-hybridized carbons (Fsp3) is 0.682. The largest absolute Gasteiger partial charge is 0.495 e. The molecule has 0 saturated carbocycles. The zero-order valence-corrected chi connectivity index (χ0v) is 21.6. The van der Waals surface area contributed by atoms with E-state index in [0.29, 0.717) is 12.0 Å². The van der Waals surface area contributed by atoms with Gasteiger partial charge in [-0.25, -0.2) is 0 Å². The summed E-state index contributed by atoms with van der Waals surface area (Å²) >= 11 is 6.22. The summed E-state index contributed by atoms with van der Waals surface area (Å²) in [5.41, 5.74) is 1.06. The van der Waals surface area contributed by atoms with Crippen molar-refractivity contribution in [2.45, 2.75) is 39.2 Å². The van der Waals surface area contributed by atoms with Gasteiger partial charge in [-0.3, -0.25) is 4.99 Å². The maximum Gasteiger partial charge on any atom is 0.191 e. The lowest BCUT2D eigenvalue weighted by Crippen LogP contribution is -2.45. The molecule has 0 bridgehead atoms. The van der Waals surface area contributed by atoms with Crippen molar-refractivity contribution in [2.24, 2.45) is 10.9 Å². The maximum atomic E-state index is 6.22. The van der Waals surface area contributed by atoms with Crippen molar-refractivity contribution in [3.8, 4) is 5.75 Å². The molecule has 170 valence electrons. The molecule has 0 amide bonds. The number of hydrogen-bond donors (Lipinski definition) is 2. The van der Waals surface area contributed by atoms with Crippen LogP contribution in [0, 0.1) is 5.92 Å². The molecular weight excluding hydrogens is 513 g/mol. The first-order valence-electron chi connectivity index (χ1n) is 11.0. The number of hydrogen-bond acceptors (Lipinski definition) is 4. The van der Waals surface area contributed by atoms with Crippen LogP contribution in [0.4, 0.5) is 5.69 Å². The van der Waals surface area contributed by atoms with Crippen LogP contribution in [-0.2, 0) is 0 Å². The van der Waals surface area contributed by atoms with E-state index in [9.17, 15) is 0 Å². The van der Waals surface area contributed by atoms with Crippen molar-refractivity contribution in [3.05, 3.63) is 23.2 Å². The summed E-state index contributed by atoms with van der Waals surface area (Å²) < 4.78 is 5.53. The number of nitrogens with one attached hydrogen (secondary N) is 2. The van der Waals surface area contributed by atoms with E-state index < -0.39 is 0 Å². The number of likely N-dealkylation sites (tertiary alicyclic amines) is 1. The van der Waals surface area contributed by atoms with Crippen molar-refractivity contribution in [1.82, 2.24) is 15.5 Å². The highest BCUT2D eigenvalue weighted by Gasteiger charge is 2.26. The van der Waals surface area contributed by atoms with E-state index in [1.54, 1.807) is 7.11 Å². The van der Waals surface area contributed by atoms with Gasteiger partial charge in [-0.15, -0.1) is 24.0 Å². The average Bonchev–Trinajstić information content (AvgIpc) is 3.20. The number of halogens is 2. The van der Waals surface area contributed by atoms with Gasteiger partial charge >= 0.3 is 0 Å². The summed E-state index contributed by atoms with van der Waals surface area (Å²) in [6, 6.07) is 6.16. The molecule has 2 N–H and O–H groups in total. The number of piperidine rings is 1. The third kappa shape index (κ3) is 7.05. The Kier molecular flexibility index (Phi) is 10.8. The van der Waals surface area contributed by atoms with Crippen LogP contribution >= 0.6 is 35.6 Å². The first-order chi connectivity index (χ1) is 14.1. The molecule has 1 aromatic carbocycles. The second-order valence-corrected chi connectivity index (χ2v) is 8.45. The fourth-order valence-corrected chi connectivity index (χ4v) is 4.49. The van der Waals surface area contributed by atoms with E-state index in [4.69, 9.17) is 21.3 Å². The SMILES string of the molecule is CCNC(=NCC1CCCN(CC)C1)NC1CCN(c2cc(Cl)ccc2OC)C1.I. The molecule has 1 aromatic rings. The molecule has 0 spiro atoms. The molecule has 30 heavy (non-hydrogen) atoms. The lowest BCUT2D eigenvalue weighted by atomic mass is 9.98. The van der Waals surface area contributed by atoms with E-state index in [1.807, 2.05) is 18.2 Å². The summed E-state index contributed by atoms with van der Waals surface area (Å²) in [5, 5.41) is 7.80. The van der Waals surface area contributed by atoms with Gasteiger partial charge in [0, 0.05) is 43.8 Å². The van der Waals surface area contributed by atoms with Gasteiger partial charge in [0.2, 0.25) is 0 Å². The Balaban J connectivity index is 0.00000320. The zero-order chi connectivity index (χ0) is 20.6. The summed E-state index contributed by atoms with van der Waals surface area (Å²) in [5.74, 6) is 2.47. The molecule has 2 atom stereocenters. The Labute approximate surface area is 203 Å². The highest BCUT2D eigenvalue weighted by atomic mass is 127. The van der Waals surface area contributed by atoms with Crippen LogP contribution in [0.25, 0.3) is 0 Å². The van der Waals surface area contributed by atoms with Crippen molar-refractivity contribution in [1.29, 1.82) is 0 Å². The fourth-order valence-electron chi connectivity index (χ4n) is 4.33. The first-order valence-corrected chi connectivity index (χ1v) is 11.4. The average molecular weight is 550 g/mol. The highest BCUT2D eigenvalue weighted by molar-refractivity contribution is 14.0. The lowest BCUT2D eigenvalue weighted by molar-refractivity contribution is 0.186. The predicted molar refractivity (Wildman–Crippen MR) is 138 cm³/mol. The Morgan fingerprint density at radius 3 is 2.80 bits per heavy atom. The Morgan fingerprint density at radius 1 is 1.23 bits per heavy atom. The Hall–Kier alpha value is -0.930. The van der Waals surface area contributed by atoms with Crippen molar-refractivity contribution < 1.29 is 4.74 Å². The third-order valence-electron chi connectivity index (χ3n) is 5.91. The topological polar surface area (TPSA) is 52.1 Å². The molecule has 2 saturated heterocycles. The Morgan fingerprint density at radius 2 is 2.07 bits per heavy atom. The summed E-state index contributed by atoms with van der Waals surface area (Å²) in [4.78, 5) is 9.80. The quantitative estimate of drug-likeness (QED) is 0.308. The van der Waals surface area contributed by atoms with Gasteiger partial charge < -0.3 is 25.2 Å². The summed E-state index contributed by atoms with van der Waals surface area (Å²) in [7, 11) is 1.71. The maximum absolute atomic E-state index is 6.22. The van der Waals surface area contributed by atoms with E-state index >= 15 is 0 Å². The molecule has 0 aromatic heterocycles. The van der Waals surface area contributed by atoms with Crippen LogP contribution in [0.3, 0.4) is 0 Å². The molecule has 6 nitrogen and oxygen atoms in total. The minimum absolute atomic E-state index is 0. The van der Waals surface area contributed by atoms with E-state index in [-0.39, 0.29) is 24.0 Å². The molecule has 2 heterocycles. The summed E-state index contributed by atoms with van der Waals surface area (Å²) in [6.07, 6.45) is 3.63. The van der Waals surface area contributed by atoms with Gasteiger partial charge in [-0.1, -0.05) is 18.5 Å². The minimum atomic E-state index is 0. The van der Waals surface area contributed by atoms with Crippen LogP contribution in [0.1, 0.15) is 33.1 Å². The number of rotatable bonds is 7. The molecule has 0 aliphatic carbocycles. The molecular formula is C22H37ClIN5O. The molecule has 2 unspecified atom stereocenters. The van der Waals surface area contributed by atoms with Crippen LogP contribution in [0.2, 0.25) is 5.02 Å². The van der Waals surface area contributed by atoms with E-state index in [2.05, 4.69) is 34.3 Å². The van der Waals surface area contributed by atoms with Crippen LogP contribution in [0.5, 0.6) is 5.75 Å². The summed E-state index contributed by atoms with van der Waals surface area (Å²) in [6.45, 7) is 11.6.